The monoisotopic (exact) mass is 311 g/mol. The van der Waals surface area contributed by atoms with Crippen LogP contribution in [0.25, 0.3) is 6.08 Å². The van der Waals surface area contributed by atoms with Crippen LogP contribution in [0.1, 0.15) is 16.7 Å². The van der Waals surface area contributed by atoms with Gasteiger partial charge in [0.1, 0.15) is 11.9 Å². The number of carbonyl (C=O) groups excluding carboxylic acids is 1. The number of rotatable bonds is 6. The molecule has 0 aromatic carbocycles. The Morgan fingerprint density at radius 3 is 3.00 bits per heavy atom. The molecule has 6 heteroatoms. The van der Waals surface area contributed by atoms with Gasteiger partial charge in [0.05, 0.1) is 10.6 Å². The predicted molar refractivity (Wildman–Crippen MR) is 79.8 cm³/mol. The molecule has 2 rings (SSSR count). The van der Waals surface area contributed by atoms with Gasteiger partial charge in [-0.2, -0.15) is 0 Å². The summed E-state index contributed by atoms with van der Waals surface area (Å²) >= 11 is 7.32. The molecular formula is C14H14ClNO3S. The Hall–Kier alpha value is -1.56. The Bertz CT molecular complexity index is 577. The Morgan fingerprint density at radius 2 is 2.40 bits per heavy atom. The van der Waals surface area contributed by atoms with E-state index in [1.54, 1.807) is 31.6 Å². The zero-order valence-electron chi connectivity index (χ0n) is 10.8. The van der Waals surface area contributed by atoms with Crippen molar-refractivity contribution in [1.29, 1.82) is 0 Å². The fraction of sp³-hybridized carbons (Fsp3) is 0.214. The van der Waals surface area contributed by atoms with Crippen molar-refractivity contribution in [1.82, 2.24) is 5.32 Å². The average molecular weight is 312 g/mol. The van der Waals surface area contributed by atoms with Crippen molar-refractivity contribution in [2.24, 2.45) is 0 Å². The average Bonchev–Trinajstić information content (AvgIpc) is 3.09. The molecule has 0 saturated carbocycles. The quantitative estimate of drug-likeness (QED) is 0.831. The van der Waals surface area contributed by atoms with Crippen LogP contribution in [-0.4, -0.2) is 19.6 Å². The van der Waals surface area contributed by atoms with E-state index in [1.807, 2.05) is 12.1 Å². The van der Waals surface area contributed by atoms with Crippen LogP contribution in [0.4, 0.5) is 0 Å². The van der Waals surface area contributed by atoms with E-state index in [9.17, 15) is 4.79 Å². The lowest BCUT2D eigenvalue weighted by molar-refractivity contribution is -0.117. The second-order valence-electron chi connectivity index (χ2n) is 3.96. The van der Waals surface area contributed by atoms with Gasteiger partial charge >= 0.3 is 0 Å². The fourth-order valence-corrected chi connectivity index (χ4v) is 2.74. The van der Waals surface area contributed by atoms with Gasteiger partial charge in [-0.15, -0.1) is 11.3 Å². The SMILES string of the molecule is COC(CNC(=O)C=Cc1ccco1)c1ccc(Cl)s1. The van der Waals surface area contributed by atoms with E-state index in [0.29, 0.717) is 16.6 Å². The summed E-state index contributed by atoms with van der Waals surface area (Å²) in [4.78, 5) is 12.7. The summed E-state index contributed by atoms with van der Waals surface area (Å²) in [5, 5.41) is 2.78. The summed E-state index contributed by atoms with van der Waals surface area (Å²) in [6.45, 7) is 0.384. The first-order valence-electron chi connectivity index (χ1n) is 5.96. The molecule has 1 atom stereocenters. The summed E-state index contributed by atoms with van der Waals surface area (Å²) < 4.78 is 11.1. The number of hydrogen-bond acceptors (Lipinski definition) is 4. The summed E-state index contributed by atoms with van der Waals surface area (Å²) in [7, 11) is 1.60. The molecule has 0 bridgehead atoms. The van der Waals surface area contributed by atoms with Crippen LogP contribution in [-0.2, 0) is 9.53 Å². The highest BCUT2D eigenvalue weighted by atomic mass is 35.5. The minimum atomic E-state index is -0.203. The molecule has 2 heterocycles. The fourth-order valence-electron chi connectivity index (χ4n) is 1.60. The van der Waals surface area contributed by atoms with Gasteiger partial charge in [-0.1, -0.05) is 11.6 Å². The third-order valence-electron chi connectivity index (χ3n) is 2.60. The number of furan rings is 1. The number of halogens is 1. The molecule has 1 N–H and O–H groups in total. The van der Waals surface area contributed by atoms with Crippen molar-refractivity contribution in [3.63, 3.8) is 0 Å². The van der Waals surface area contributed by atoms with Crippen LogP contribution in [0.2, 0.25) is 4.34 Å². The molecule has 2 aromatic heterocycles. The van der Waals surface area contributed by atoms with Crippen LogP contribution in [0.15, 0.2) is 41.0 Å². The van der Waals surface area contributed by atoms with Gasteiger partial charge in [0.15, 0.2) is 0 Å². The van der Waals surface area contributed by atoms with Gasteiger partial charge in [-0.05, 0) is 30.3 Å². The van der Waals surface area contributed by atoms with E-state index in [2.05, 4.69) is 5.32 Å². The standard InChI is InChI=1S/C14H14ClNO3S/c1-18-11(12-5-6-13(15)20-12)9-16-14(17)7-4-10-3-2-8-19-10/h2-8,11H,9H2,1H3,(H,16,17). The molecule has 106 valence electrons. The first-order valence-corrected chi connectivity index (χ1v) is 7.16. The lowest BCUT2D eigenvalue weighted by atomic mass is 10.3. The zero-order chi connectivity index (χ0) is 14.4. The van der Waals surface area contributed by atoms with Crippen molar-refractivity contribution in [3.05, 3.63) is 51.6 Å². The normalized spacial score (nSPS) is 12.7. The van der Waals surface area contributed by atoms with Gasteiger partial charge in [-0.3, -0.25) is 4.79 Å². The largest absolute Gasteiger partial charge is 0.465 e. The van der Waals surface area contributed by atoms with Crippen LogP contribution < -0.4 is 5.32 Å². The topological polar surface area (TPSA) is 51.5 Å². The minimum absolute atomic E-state index is 0.200. The van der Waals surface area contributed by atoms with Crippen LogP contribution in [0, 0.1) is 0 Å². The van der Waals surface area contributed by atoms with E-state index in [-0.39, 0.29) is 12.0 Å². The summed E-state index contributed by atoms with van der Waals surface area (Å²) in [5.74, 6) is 0.430. The van der Waals surface area contributed by atoms with Gasteiger partial charge in [-0.25, -0.2) is 0 Å². The smallest absolute Gasteiger partial charge is 0.244 e. The lowest BCUT2D eigenvalue weighted by Crippen LogP contribution is -2.27. The van der Waals surface area contributed by atoms with Gasteiger partial charge < -0.3 is 14.5 Å². The second-order valence-corrected chi connectivity index (χ2v) is 5.71. The molecule has 1 unspecified atom stereocenters. The molecule has 4 nitrogen and oxygen atoms in total. The van der Waals surface area contributed by atoms with Crippen LogP contribution >= 0.6 is 22.9 Å². The Balaban J connectivity index is 1.85. The Morgan fingerprint density at radius 1 is 1.55 bits per heavy atom. The molecule has 1 amide bonds. The van der Waals surface area contributed by atoms with Gasteiger partial charge in [0.2, 0.25) is 5.91 Å². The number of amides is 1. The molecule has 0 aliphatic heterocycles. The van der Waals surface area contributed by atoms with Crippen molar-refractivity contribution in [2.75, 3.05) is 13.7 Å². The molecule has 0 saturated heterocycles. The highest BCUT2D eigenvalue weighted by Gasteiger charge is 2.13. The molecule has 20 heavy (non-hydrogen) atoms. The third-order valence-corrected chi connectivity index (χ3v) is 3.92. The van der Waals surface area contributed by atoms with Crippen molar-refractivity contribution in [3.8, 4) is 0 Å². The van der Waals surface area contributed by atoms with Gasteiger partial charge in [0, 0.05) is 24.6 Å². The molecule has 0 aliphatic carbocycles. The van der Waals surface area contributed by atoms with E-state index in [1.165, 1.54) is 17.4 Å². The molecule has 0 radical (unpaired) electrons. The number of nitrogens with one attached hydrogen (secondary N) is 1. The number of hydrogen-bond donors (Lipinski definition) is 1. The molecular weight excluding hydrogens is 298 g/mol. The minimum Gasteiger partial charge on any atom is -0.465 e. The molecule has 2 aromatic rings. The number of thiophene rings is 1. The molecule has 0 aliphatic rings. The lowest BCUT2D eigenvalue weighted by Gasteiger charge is -2.13. The van der Waals surface area contributed by atoms with Crippen molar-refractivity contribution in [2.45, 2.75) is 6.10 Å². The summed E-state index contributed by atoms with van der Waals surface area (Å²) in [6.07, 6.45) is 4.39. The maximum absolute atomic E-state index is 11.7. The molecule has 0 spiro atoms. The Kier molecular flexibility index (Phi) is 5.40. The summed E-state index contributed by atoms with van der Waals surface area (Å²) in [6, 6.07) is 7.24. The van der Waals surface area contributed by atoms with E-state index < -0.39 is 0 Å². The van der Waals surface area contributed by atoms with Crippen molar-refractivity contribution < 1.29 is 13.9 Å². The zero-order valence-corrected chi connectivity index (χ0v) is 12.4. The first kappa shape index (κ1) is 14.8. The second kappa shape index (κ2) is 7.28. The number of carbonyl (C=O) groups is 1. The first-order chi connectivity index (χ1) is 9.69. The number of ether oxygens (including phenoxy) is 1. The Labute approximate surface area is 126 Å². The van der Waals surface area contributed by atoms with Crippen LogP contribution in [0.5, 0.6) is 0 Å². The highest BCUT2D eigenvalue weighted by molar-refractivity contribution is 7.16. The maximum atomic E-state index is 11.7. The molecule has 0 fully saturated rings. The number of methoxy groups -OCH3 is 1. The van der Waals surface area contributed by atoms with Crippen LogP contribution in [0.3, 0.4) is 0 Å². The van der Waals surface area contributed by atoms with E-state index in [4.69, 9.17) is 20.8 Å². The predicted octanol–water partition coefficient (Wildman–Crippen LogP) is 3.51. The van der Waals surface area contributed by atoms with Gasteiger partial charge in [0.25, 0.3) is 0 Å². The maximum Gasteiger partial charge on any atom is 0.244 e. The third kappa shape index (κ3) is 4.23. The van der Waals surface area contributed by atoms with Crippen molar-refractivity contribution >= 4 is 34.9 Å². The van der Waals surface area contributed by atoms with E-state index in [0.717, 1.165) is 4.88 Å². The van der Waals surface area contributed by atoms with E-state index >= 15 is 0 Å². The highest BCUT2D eigenvalue weighted by Crippen LogP contribution is 2.28. The summed E-state index contributed by atoms with van der Waals surface area (Å²) in [5.41, 5.74) is 0.